The molecule has 166 valence electrons. The quantitative estimate of drug-likeness (QED) is 0.570. The third-order valence-electron chi connectivity index (χ3n) is 4.41. The first kappa shape index (κ1) is 21.8. The Morgan fingerprint density at radius 2 is 1.91 bits per heavy atom. The zero-order chi connectivity index (χ0) is 22.9. The van der Waals surface area contributed by atoms with Gasteiger partial charge >= 0.3 is 0 Å². The summed E-state index contributed by atoms with van der Waals surface area (Å²) in [5.74, 6) is -3.25. The van der Waals surface area contributed by atoms with Gasteiger partial charge in [0.2, 0.25) is 11.8 Å². The van der Waals surface area contributed by atoms with E-state index in [0.717, 1.165) is 0 Å². The standard InChI is InChI=1S/C20H15ClF2N4O4S/c1-30-15-7-4-8-24-13(15)10-25-20-26-18-16(32(28,29)27-20)9-12(22)17(23)19(18)31-14-6-3-2-5-11(14)21/h2-9H,10H2,1H3,(H2,25,26,27). The minimum atomic E-state index is -4.29. The molecule has 32 heavy (non-hydrogen) atoms. The molecule has 4 rings (SSSR count). The van der Waals surface area contributed by atoms with E-state index in [4.69, 9.17) is 21.1 Å². The highest BCUT2D eigenvalue weighted by atomic mass is 35.5. The summed E-state index contributed by atoms with van der Waals surface area (Å²) in [5.41, 5.74) is 0.112. The van der Waals surface area contributed by atoms with Crippen molar-refractivity contribution in [1.82, 2.24) is 9.71 Å². The van der Waals surface area contributed by atoms with Crippen molar-refractivity contribution in [3.63, 3.8) is 0 Å². The van der Waals surface area contributed by atoms with Crippen LogP contribution < -0.4 is 19.5 Å². The first-order valence-electron chi connectivity index (χ1n) is 9.06. The number of benzene rings is 2. The molecule has 0 fully saturated rings. The van der Waals surface area contributed by atoms with Crippen LogP contribution in [0.3, 0.4) is 0 Å². The van der Waals surface area contributed by atoms with Crippen molar-refractivity contribution in [2.75, 3.05) is 12.4 Å². The molecule has 0 spiro atoms. The molecule has 3 aromatic rings. The molecule has 0 unspecified atom stereocenters. The third kappa shape index (κ3) is 4.16. The Hall–Kier alpha value is -3.44. The number of guanidine groups is 1. The highest BCUT2D eigenvalue weighted by molar-refractivity contribution is 7.90. The molecular formula is C20H15ClF2N4O4S. The molecule has 1 aliphatic rings. The van der Waals surface area contributed by atoms with Crippen LogP contribution in [0.4, 0.5) is 14.5 Å². The van der Waals surface area contributed by atoms with Gasteiger partial charge in [-0.3, -0.25) is 4.98 Å². The molecule has 1 aliphatic heterocycles. The van der Waals surface area contributed by atoms with Gasteiger partial charge in [0, 0.05) is 6.20 Å². The lowest BCUT2D eigenvalue weighted by Gasteiger charge is -2.24. The maximum Gasteiger partial charge on any atom is 0.266 e. The monoisotopic (exact) mass is 480 g/mol. The Morgan fingerprint density at radius 3 is 2.66 bits per heavy atom. The molecule has 2 heterocycles. The largest absolute Gasteiger partial charge is 0.495 e. The second kappa shape index (κ2) is 8.60. The number of fused-ring (bicyclic) bond motifs is 1. The molecule has 8 nitrogen and oxygen atoms in total. The van der Waals surface area contributed by atoms with Crippen LogP contribution in [0.5, 0.6) is 17.2 Å². The number of aliphatic imine (C=N–C) groups is 1. The number of hydrogen-bond acceptors (Lipinski definition) is 6. The molecule has 0 amide bonds. The molecule has 0 bridgehead atoms. The van der Waals surface area contributed by atoms with Gasteiger partial charge in [-0.25, -0.2) is 22.5 Å². The number of nitrogens with zero attached hydrogens (tertiary/aromatic N) is 2. The van der Waals surface area contributed by atoms with Gasteiger partial charge in [-0.2, -0.15) is 4.39 Å². The van der Waals surface area contributed by atoms with Gasteiger partial charge in [-0.05, 0) is 30.3 Å². The Kier molecular flexibility index (Phi) is 5.85. The summed E-state index contributed by atoms with van der Waals surface area (Å²) in [7, 11) is -2.83. The van der Waals surface area contributed by atoms with Crippen LogP contribution in [0.15, 0.2) is 58.5 Å². The van der Waals surface area contributed by atoms with E-state index in [-0.39, 0.29) is 29.0 Å². The number of aromatic nitrogens is 1. The number of rotatable bonds is 5. The normalized spacial score (nSPS) is 15.4. The lowest BCUT2D eigenvalue weighted by molar-refractivity contribution is 0.407. The number of hydrogen-bond donors (Lipinski definition) is 2. The average Bonchev–Trinajstić information content (AvgIpc) is 2.77. The number of sulfonamides is 1. The second-order valence-electron chi connectivity index (χ2n) is 6.45. The zero-order valence-electron chi connectivity index (χ0n) is 16.4. The zero-order valence-corrected chi connectivity index (χ0v) is 18.0. The summed E-state index contributed by atoms with van der Waals surface area (Å²) >= 11 is 6.05. The maximum absolute atomic E-state index is 14.7. The van der Waals surface area contributed by atoms with Crippen molar-refractivity contribution in [1.29, 1.82) is 0 Å². The van der Waals surface area contributed by atoms with Gasteiger partial charge in [0.15, 0.2) is 11.6 Å². The maximum atomic E-state index is 14.7. The van der Waals surface area contributed by atoms with Crippen molar-refractivity contribution < 1.29 is 26.7 Å². The summed E-state index contributed by atoms with van der Waals surface area (Å²) < 4.78 is 67.1. The van der Waals surface area contributed by atoms with E-state index >= 15 is 0 Å². The molecule has 0 saturated carbocycles. The van der Waals surface area contributed by atoms with E-state index in [0.29, 0.717) is 17.5 Å². The van der Waals surface area contributed by atoms with Crippen LogP contribution in [0.2, 0.25) is 5.02 Å². The molecule has 2 N–H and O–H groups in total. The van der Waals surface area contributed by atoms with E-state index in [1.807, 2.05) is 0 Å². The van der Waals surface area contributed by atoms with Crippen molar-refractivity contribution in [2.24, 2.45) is 4.99 Å². The number of methoxy groups -OCH3 is 1. The van der Waals surface area contributed by atoms with Crippen LogP contribution >= 0.6 is 11.6 Å². The molecule has 12 heteroatoms. The summed E-state index contributed by atoms with van der Waals surface area (Å²) in [4.78, 5) is 7.74. The number of pyridine rings is 1. The third-order valence-corrected chi connectivity index (χ3v) is 6.08. The van der Waals surface area contributed by atoms with Crippen LogP contribution in [-0.4, -0.2) is 26.5 Å². The van der Waals surface area contributed by atoms with E-state index < -0.39 is 32.3 Å². The minimum Gasteiger partial charge on any atom is -0.495 e. The van der Waals surface area contributed by atoms with Crippen molar-refractivity contribution in [3.05, 3.63) is 71.0 Å². The average molecular weight is 481 g/mol. The van der Waals surface area contributed by atoms with Crippen LogP contribution in [-0.2, 0) is 16.6 Å². The summed E-state index contributed by atoms with van der Waals surface area (Å²) in [6.45, 7) is -0.0609. The van der Waals surface area contributed by atoms with Gasteiger partial charge < -0.3 is 14.8 Å². The molecule has 0 saturated heterocycles. The van der Waals surface area contributed by atoms with E-state index in [9.17, 15) is 17.2 Å². The number of para-hydroxylation sites is 1. The fourth-order valence-electron chi connectivity index (χ4n) is 2.92. The van der Waals surface area contributed by atoms with E-state index in [1.54, 1.807) is 24.3 Å². The topological polar surface area (TPSA) is 102 Å². The van der Waals surface area contributed by atoms with Gasteiger partial charge in [0.1, 0.15) is 27.8 Å². The van der Waals surface area contributed by atoms with Gasteiger partial charge in [0.25, 0.3) is 10.0 Å². The molecule has 1 aromatic heterocycles. The van der Waals surface area contributed by atoms with Gasteiger partial charge in [0.05, 0.1) is 18.7 Å². The predicted octanol–water partition coefficient (Wildman–Crippen LogP) is 4.07. The molecule has 0 radical (unpaired) electrons. The highest BCUT2D eigenvalue weighted by Crippen LogP contribution is 2.41. The fourth-order valence-corrected chi connectivity index (χ4v) is 4.25. The second-order valence-corrected chi connectivity index (χ2v) is 8.51. The number of ether oxygens (including phenoxy) is 2. The number of nitrogens with one attached hydrogen (secondary N) is 2. The van der Waals surface area contributed by atoms with E-state index in [1.165, 1.54) is 25.4 Å². The first-order valence-corrected chi connectivity index (χ1v) is 10.9. The molecule has 0 aliphatic carbocycles. The Morgan fingerprint density at radius 1 is 1.16 bits per heavy atom. The SMILES string of the molecule is COc1cccnc1CN=C1Nc2c(cc(F)c(F)c2Oc2ccccc2Cl)S(=O)(=O)N1. The Bertz CT molecular complexity index is 1340. The fraction of sp³-hybridized carbons (Fsp3) is 0.100. The molecule has 2 aromatic carbocycles. The summed E-state index contributed by atoms with van der Waals surface area (Å²) in [5, 5.41) is 2.78. The van der Waals surface area contributed by atoms with Gasteiger partial charge in [-0.1, -0.05) is 23.7 Å². The van der Waals surface area contributed by atoms with Crippen LogP contribution in [0, 0.1) is 11.6 Å². The summed E-state index contributed by atoms with van der Waals surface area (Å²) in [6.07, 6.45) is 1.53. The van der Waals surface area contributed by atoms with Crippen molar-refractivity contribution >= 4 is 33.3 Å². The smallest absolute Gasteiger partial charge is 0.266 e. The van der Waals surface area contributed by atoms with Crippen LogP contribution in [0.1, 0.15) is 5.69 Å². The Balaban J connectivity index is 1.76. The number of anilines is 1. The summed E-state index contributed by atoms with van der Waals surface area (Å²) in [6, 6.07) is 10.0. The predicted molar refractivity (Wildman–Crippen MR) is 114 cm³/mol. The lowest BCUT2D eigenvalue weighted by Crippen LogP contribution is -2.41. The van der Waals surface area contributed by atoms with Crippen molar-refractivity contribution in [2.45, 2.75) is 11.4 Å². The Labute approximate surface area is 186 Å². The molecular weight excluding hydrogens is 466 g/mol. The highest BCUT2D eigenvalue weighted by Gasteiger charge is 2.33. The number of halogens is 3. The van der Waals surface area contributed by atoms with Crippen molar-refractivity contribution in [3.8, 4) is 17.2 Å². The van der Waals surface area contributed by atoms with Gasteiger partial charge in [-0.15, -0.1) is 0 Å². The van der Waals surface area contributed by atoms with E-state index in [2.05, 4.69) is 20.0 Å². The van der Waals surface area contributed by atoms with Crippen LogP contribution in [0.25, 0.3) is 0 Å². The first-order chi connectivity index (χ1) is 15.3. The molecule has 0 atom stereocenters. The minimum absolute atomic E-state index is 0.00954. The lowest BCUT2D eigenvalue weighted by atomic mass is 10.2.